The number of halogens is 1. The summed E-state index contributed by atoms with van der Waals surface area (Å²) < 4.78 is 0. The zero-order valence-corrected chi connectivity index (χ0v) is 16.8. The van der Waals surface area contributed by atoms with Crippen molar-refractivity contribution in [1.29, 1.82) is 0 Å². The summed E-state index contributed by atoms with van der Waals surface area (Å²) in [5.74, 6) is 0. The van der Waals surface area contributed by atoms with Crippen molar-refractivity contribution in [3.63, 3.8) is 0 Å². The van der Waals surface area contributed by atoms with E-state index in [0.29, 0.717) is 0 Å². The molecule has 0 aromatic rings. The molecule has 2 heteroatoms. The summed E-state index contributed by atoms with van der Waals surface area (Å²) in [6, 6.07) is 0. The van der Waals surface area contributed by atoms with Crippen LogP contribution in [0.25, 0.3) is 0 Å². The molecule has 1 N–H and O–H groups in total. The Kier molecular flexibility index (Phi) is 23.1. The fourth-order valence-electron chi connectivity index (χ4n) is 2.89. The zero-order chi connectivity index (χ0) is 14.9. The van der Waals surface area contributed by atoms with Crippen LogP contribution in [0, 0.1) is 0 Å². The van der Waals surface area contributed by atoms with Crippen LogP contribution in [-0.4, -0.2) is 20.1 Å². The first-order valence-corrected chi connectivity index (χ1v) is 9.62. The molecule has 0 aromatic carbocycles. The van der Waals surface area contributed by atoms with Gasteiger partial charge in [0, 0.05) is 0 Å². The van der Waals surface area contributed by atoms with Gasteiger partial charge >= 0.3 is 0 Å². The van der Waals surface area contributed by atoms with Gasteiger partial charge in [-0.1, -0.05) is 78.1 Å². The summed E-state index contributed by atoms with van der Waals surface area (Å²) in [7, 11) is 2.38. The molecule has 0 heterocycles. The van der Waals surface area contributed by atoms with Crippen LogP contribution in [0.15, 0.2) is 0 Å². The molecule has 0 saturated carbocycles. The number of hydrogen-bond acceptors (Lipinski definition) is 0. The molecule has 0 amide bonds. The van der Waals surface area contributed by atoms with E-state index in [9.17, 15) is 0 Å². The summed E-state index contributed by atoms with van der Waals surface area (Å²) in [6.07, 6.45) is 20.2. The van der Waals surface area contributed by atoms with Crippen molar-refractivity contribution in [3.05, 3.63) is 0 Å². The van der Waals surface area contributed by atoms with E-state index < -0.39 is 0 Å². The second-order valence-electron chi connectivity index (χ2n) is 6.70. The first-order chi connectivity index (χ1) is 9.81. The molecule has 0 aliphatic heterocycles. The van der Waals surface area contributed by atoms with Crippen molar-refractivity contribution < 1.29 is 21.9 Å². The van der Waals surface area contributed by atoms with Gasteiger partial charge in [0.05, 0.1) is 20.1 Å². The zero-order valence-electron chi connectivity index (χ0n) is 15.2. The third-order valence-electron chi connectivity index (χ3n) is 4.41. The van der Waals surface area contributed by atoms with Gasteiger partial charge in [0.1, 0.15) is 0 Å². The topological polar surface area (TPSA) is 4.44 Å². The Bertz CT molecular complexity index is 155. The summed E-state index contributed by atoms with van der Waals surface area (Å²) in [5.41, 5.74) is 0. The van der Waals surface area contributed by atoms with Crippen LogP contribution in [0.2, 0.25) is 0 Å². The lowest BCUT2D eigenvalue weighted by Crippen LogP contribution is -3.09. The Labute approximate surface area is 146 Å². The maximum atomic E-state index is 2.38. The normalized spacial score (nSPS) is 10.9. The lowest BCUT2D eigenvalue weighted by molar-refractivity contribution is -0.880. The molecule has 21 heavy (non-hydrogen) atoms. The molecule has 0 saturated heterocycles. The first-order valence-electron chi connectivity index (χ1n) is 9.62. The molecule has 0 fully saturated rings. The van der Waals surface area contributed by atoms with Crippen molar-refractivity contribution in [1.82, 2.24) is 0 Å². The average Bonchev–Trinajstić information content (AvgIpc) is 2.45. The van der Waals surface area contributed by atoms with E-state index in [4.69, 9.17) is 0 Å². The van der Waals surface area contributed by atoms with Crippen LogP contribution in [-0.2, 0) is 0 Å². The fourth-order valence-corrected chi connectivity index (χ4v) is 2.89. The van der Waals surface area contributed by atoms with Crippen LogP contribution >= 0.6 is 0 Å². The highest BCUT2D eigenvalue weighted by Crippen LogP contribution is 2.07. The average molecular weight is 364 g/mol. The molecule has 0 aliphatic carbocycles. The predicted molar refractivity (Wildman–Crippen MR) is 92.6 cm³/mol. The number of quaternary nitrogens is 1. The number of unbranched alkanes of at least 4 members (excludes halogenated alkanes) is 12. The lowest BCUT2D eigenvalue weighted by Gasteiger charge is -2.13. The maximum absolute atomic E-state index is 2.38. The Hall–Kier alpha value is 0.440. The van der Waals surface area contributed by atoms with Gasteiger partial charge in [-0.15, -0.1) is 0 Å². The van der Waals surface area contributed by atoms with Crippen molar-refractivity contribution in [3.8, 4) is 0 Å². The van der Waals surface area contributed by atoms with Gasteiger partial charge in [-0.2, -0.15) is 0 Å². The molecule has 0 unspecified atom stereocenters. The minimum absolute atomic E-state index is 0. The summed E-state index contributed by atoms with van der Waals surface area (Å²) in [4.78, 5) is 1.76. The second kappa shape index (κ2) is 20.4. The van der Waals surface area contributed by atoms with Crippen LogP contribution in [0.3, 0.4) is 0 Å². The van der Waals surface area contributed by atoms with E-state index in [0.717, 1.165) is 0 Å². The molecule has 0 aromatic heterocycles. The largest absolute Gasteiger partial charge is 1.00 e. The molecule has 0 radical (unpaired) electrons. The smallest absolute Gasteiger partial charge is 0.0768 e. The third kappa shape index (κ3) is 20.4. The Morgan fingerprint density at radius 1 is 0.476 bits per heavy atom. The quantitative estimate of drug-likeness (QED) is 0.400. The van der Waals surface area contributed by atoms with Crippen LogP contribution in [0.5, 0.6) is 0 Å². The van der Waals surface area contributed by atoms with Gasteiger partial charge in [-0.25, -0.2) is 0 Å². The molecule has 0 spiro atoms. The van der Waals surface area contributed by atoms with Crippen LogP contribution in [0.1, 0.15) is 104 Å². The van der Waals surface area contributed by atoms with Gasteiger partial charge < -0.3 is 21.9 Å². The predicted octanol–water partition coefficient (Wildman–Crippen LogP) is 2.01. The highest BCUT2D eigenvalue weighted by atomic mass is 79.9. The van der Waals surface area contributed by atoms with E-state index >= 15 is 0 Å². The Balaban J connectivity index is 0. The summed E-state index contributed by atoms with van der Waals surface area (Å²) >= 11 is 0. The minimum Gasteiger partial charge on any atom is -1.00 e. The molecule has 130 valence electrons. The van der Waals surface area contributed by atoms with Gasteiger partial charge in [0.15, 0.2) is 0 Å². The van der Waals surface area contributed by atoms with E-state index in [-0.39, 0.29) is 17.0 Å². The standard InChI is InChI=1S/C19H41N.BrH/c1-4-6-8-10-12-14-16-18-20(3)19-17-15-13-11-9-7-5-2;/h4-19H2,1-3H3;1H. The van der Waals surface area contributed by atoms with E-state index in [2.05, 4.69) is 20.9 Å². The summed E-state index contributed by atoms with van der Waals surface area (Å²) in [5, 5.41) is 0. The van der Waals surface area contributed by atoms with Gasteiger partial charge in [-0.3, -0.25) is 0 Å². The van der Waals surface area contributed by atoms with Crippen LogP contribution < -0.4 is 21.9 Å². The van der Waals surface area contributed by atoms with Crippen molar-refractivity contribution in [2.24, 2.45) is 0 Å². The Morgan fingerprint density at radius 3 is 1.10 bits per heavy atom. The monoisotopic (exact) mass is 363 g/mol. The number of hydrogen-bond donors (Lipinski definition) is 1. The molecular formula is C19H42BrN. The first kappa shape index (κ1) is 23.7. The van der Waals surface area contributed by atoms with Crippen LogP contribution in [0.4, 0.5) is 0 Å². The van der Waals surface area contributed by atoms with Crippen molar-refractivity contribution >= 4 is 0 Å². The van der Waals surface area contributed by atoms with Gasteiger partial charge in [0.2, 0.25) is 0 Å². The highest BCUT2D eigenvalue weighted by molar-refractivity contribution is 4.46. The Morgan fingerprint density at radius 2 is 0.762 bits per heavy atom. The number of nitrogens with one attached hydrogen (secondary N) is 1. The number of rotatable bonds is 16. The van der Waals surface area contributed by atoms with Crippen molar-refractivity contribution in [2.75, 3.05) is 20.1 Å². The lowest BCUT2D eigenvalue weighted by atomic mass is 10.1. The van der Waals surface area contributed by atoms with Crippen molar-refractivity contribution in [2.45, 2.75) is 104 Å². The molecular weight excluding hydrogens is 322 g/mol. The molecule has 0 aliphatic rings. The maximum Gasteiger partial charge on any atom is 0.0768 e. The van der Waals surface area contributed by atoms with Gasteiger partial charge in [-0.05, 0) is 25.7 Å². The molecule has 1 nitrogen and oxygen atoms in total. The van der Waals surface area contributed by atoms with Gasteiger partial charge in [0.25, 0.3) is 0 Å². The minimum atomic E-state index is 0. The highest BCUT2D eigenvalue weighted by Gasteiger charge is 2.01. The van der Waals surface area contributed by atoms with E-state index in [1.54, 1.807) is 4.90 Å². The third-order valence-corrected chi connectivity index (χ3v) is 4.41. The SMILES string of the molecule is CCCCCCCCC[NH+](C)CCCCCCCCC.[Br-]. The summed E-state index contributed by atoms with van der Waals surface area (Å²) in [6.45, 7) is 7.37. The fraction of sp³-hybridized carbons (Fsp3) is 1.00. The van der Waals surface area contributed by atoms with E-state index in [1.807, 2.05) is 0 Å². The second-order valence-corrected chi connectivity index (χ2v) is 6.70. The molecule has 0 atom stereocenters. The molecule has 0 bridgehead atoms. The van der Waals surface area contributed by atoms with E-state index in [1.165, 1.54) is 103 Å². The molecule has 0 rings (SSSR count).